The van der Waals surface area contributed by atoms with Crippen LogP contribution >= 0.6 is 27.5 Å². The maximum absolute atomic E-state index is 12.2. The summed E-state index contributed by atoms with van der Waals surface area (Å²) in [5.41, 5.74) is 2.46. The summed E-state index contributed by atoms with van der Waals surface area (Å²) in [6.45, 7) is 5.03. The Morgan fingerprint density at radius 1 is 1.20 bits per heavy atom. The van der Waals surface area contributed by atoms with E-state index in [2.05, 4.69) is 37.4 Å². The van der Waals surface area contributed by atoms with E-state index in [1.807, 2.05) is 24.3 Å². The van der Waals surface area contributed by atoms with Crippen LogP contribution in [0.4, 0.5) is 0 Å². The number of nitrogens with zero attached hydrogens (tertiary/aromatic N) is 2. The van der Waals surface area contributed by atoms with Crippen LogP contribution in [0.5, 0.6) is 0 Å². The van der Waals surface area contributed by atoms with Crippen molar-refractivity contribution >= 4 is 44.5 Å². The highest BCUT2D eigenvalue weighted by Crippen LogP contribution is 2.19. The molecule has 0 aliphatic carbocycles. The number of benzene rings is 2. The molecule has 1 heterocycles. The molecular weight excluding hydrogens is 402 g/mol. The number of allylic oxidation sites excluding steroid dienone is 1. The molecule has 0 atom stereocenters. The van der Waals surface area contributed by atoms with E-state index in [1.54, 1.807) is 24.3 Å². The van der Waals surface area contributed by atoms with Gasteiger partial charge in [0.15, 0.2) is 0 Å². The normalized spacial score (nSPS) is 10.8. The lowest BCUT2D eigenvalue weighted by molar-refractivity contribution is 0.0954. The van der Waals surface area contributed by atoms with Gasteiger partial charge in [0.2, 0.25) is 0 Å². The second-order valence-corrected chi connectivity index (χ2v) is 7.13. The monoisotopic (exact) mass is 417 g/mol. The highest BCUT2D eigenvalue weighted by atomic mass is 79.9. The largest absolute Gasteiger partial charge is 0.352 e. The summed E-state index contributed by atoms with van der Waals surface area (Å²) in [6, 6.07) is 15.0. The van der Waals surface area contributed by atoms with Crippen molar-refractivity contribution in [3.8, 4) is 0 Å². The van der Waals surface area contributed by atoms with Gasteiger partial charge in [-0.3, -0.25) is 4.79 Å². The van der Waals surface area contributed by atoms with Gasteiger partial charge in [-0.1, -0.05) is 58.4 Å². The number of hydrogen-bond donors (Lipinski definition) is 1. The van der Waals surface area contributed by atoms with E-state index in [0.29, 0.717) is 30.1 Å². The van der Waals surface area contributed by atoms with E-state index in [1.165, 1.54) is 0 Å². The minimum atomic E-state index is -0.182. The Morgan fingerprint density at radius 2 is 1.92 bits per heavy atom. The molecule has 0 aliphatic rings. The number of rotatable bonds is 6. The van der Waals surface area contributed by atoms with E-state index in [4.69, 9.17) is 11.6 Å². The number of hydrogen-bond acceptors (Lipinski definition) is 2. The zero-order valence-corrected chi connectivity index (χ0v) is 15.8. The predicted molar refractivity (Wildman–Crippen MR) is 105 cm³/mol. The second kappa shape index (κ2) is 7.85. The fraction of sp³-hybridized carbons (Fsp3) is 0.158. The summed E-state index contributed by atoms with van der Waals surface area (Å²) in [5, 5.41) is 3.35. The molecule has 0 aliphatic heterocycles. The fourth-order valence-electron chi connectivity index (χ4n) is 2.69. The molecule has 128 valence electrons. The van der Waals surface area contributed by atoms with Gasteiger partial charge in [-0.15, -0.1) is 0 Å². The van der Waals surface area contributed by atoms with Gasteiger partial charge < -0.3 is 9.88 Å². The van der Waals surface area contributed by atoms with Crippen LogP contribution in [0.3, 0.4) is 0 Å². The Kier molecular flexibility index (Phi) is 5.56. The van der Waals surface area contributed by atoms with Gasteiger partial charge in [-0.2, -0.15) is 0 Å². The molecule has 3 aromatic rings. The number of amides is 1. The summed E-state index contributed by atoms with van der Waals surface area (Å²) in [4.78, 5) is 16.9. The van der Waals surface area contributed by atoms with Gasteiger partial charge in [0.05, 0.1) is 28.2 Å². The predicted octanol–water partition coefficient (Wildman–Crippen LogP) is 4.57. The topological polar surface area (TPSA) is 46.9 Å². The van der Waals surface area contributed by atoms with Gasteiger partial charge in [0.1, 0.15) is 5.82 Å². The molecule has 25 heavy (non-hydrogen) atoms. The maximum atomic E-state index is 12.2. The maximum Gasteiger partial charge on any atom is 0.252 e. The molecule has 0 saturated heterocycles. The van der Waals surface area contributed by atoms with E-state index in [9.17, 15) is 4.79 Å². The smallest absolute Gasteiger partial charge is 0.252 e. The molecule has 0 unspecified atom stereocenters. The third-order valence-corrected chi connectivity index (χ3v) is 4.40. The molecule has 0 spiro atoms. The van der Waals surface area contributed by atoms with Crippen molar-refractivity contribution in [3.05, 3.63) is 76.0 Å². The molecule has 1 amide bonds. The van der Waals surface area contributed by atoms with Gasteiger partial charge in [-0.05, 0) is 24.3 Å². The SMILES string of the molecule is C=C(Br)Cn1c(CCNC(=O)c2ccccc2Cl)nc2ccccc21. The first-order valence-corrected chi connectivity index (χ1v) is 9.03. The number of nitrogens with one attached hydrogen (secondary N) is 1. The van der Waals surface area contributed by atoms with Gasteiger partial charge in [0, 0.05) is 17.4 Å². The Morgan fingerprint density at radius 3 is 2.68 bits per heavy atom. The Balaban J connectivity index is 1.74. The van der Waals surface area contributed by atoms with Crippen LogP contribution in [0.1, 0.15) is 16.2 Å². The Labute approximate surface area is 159 Å². The van der Waals surface area contributed by atoms with Crippen LogP contribution in [0, 0.1) is 0 Å². The first-order chi connectivity index (χ1) is 12.1. The summed E-state index contributed by atoms with van der Waals surface area (Å²) in [5.74, 6) is 0.722. The molecule has 2 aromatic carbocycles. The first kappa shape index (κ1) is 17.7. The van der Waals surface area contributed by atoms with Crippen LogP contribution in [0.15, 0.2) is 59.6 Å². The quantitative estimate of drug-likeness (QED) is 0.637. The van der Waals surface area contributed by atoms with Gasteiger partial charge >= 0.3 is 0 Å². The number of fused-ring (bicyclic) bond motifs is 1. The number of halogens is 2. The molecule has 4 nitrogen and oxygen atoms in total. The standard InChI is InChI=1S/C19H17BrClN3O/c1-13(20)12-24-17-9-5-4-8-16(17)23-18(24)10-11-22-19(25)14-6-2-3-7-15(14)21/h2-9H,1,10-12H2,(H,22,25). The lowest BCUT2D eigenvalue weighted by Crippen LogP contribution is -2.26. The van der Waals surface area contributed by atoms with Crippen molar-refractivity contribution in [2.75, 3.05) is 6.54 Å². The average Bonchev–Trinajstić information content (AvgIpc) is 2.92. The molecule has 6 heteroatoms. The van der Waals surface area contributed by atoms with Crippen molar-refractivity contribution in [2.45, 2.75) is 13.0 Å². The van der Waals surface area contributed by atoms with Crippen molar-refractivity contribution in [1.82, 2.24) is 14.9 Å². The van der Waals surface area contributed by atoms with Crippen molar-refractivity contribution in [2.24, 2.45) is 0 Å². The summed E-state index contributed by atoms with van der Waals surface area (Å²) < 4.78 is 2.98. The molecule has 3 rings (SSSR count). The molecule has 1 N–H and O–H groups in total. The zero-order valence-electron chi connectivity index (χ0n) is 13.5. The Bertz CT molecular complexity index is 935. The van der Waals surface area contributed by atoms with Crippen LogP contribution in [0.2, 0.25) is 5.02 Å². The number of para-hydroxylation sites is 2. The second-order valence-electron chi connectivity index (χ2n) is 5.61. The highest BCUT2D eigenvalue weighted by molar-refractivity contribution is 9.11. The molecule has 0 fully saturated rings. The van der Waals surface area contributed by atoms with E-state index < -0.39 is 0 Å². The summed E-state index contributed by atoms with van der Waals surface area (Å²) in [6.07, 6.45) is 0.616. The lowest BCUT2D eigenvalue weighted by atomic mass is 10.2. The van der Waals surface area contributed by atoms with Crippen molar-refractivity contribution in [1.29, 1.82) is 0 Å². The zero-order chi connectivity index (χ0) is 17.8. The summed E-state index contributed by atoms with van der Waals surface area (Å²) >= 11 is 9.48. The van der Waals surface area contributed by atoms with Gasteiger partial charge in [0.25, 0.3) is 5.91 Å². The van der Waals surface area contributed by atoms with Crippen LogP contribution in [-0.4, -0.2) is 22.0 Å². The molecular formula is C19H17BrClN3O. The third kappa shape index (κ3) is 4.11. The molecule has 0 saturated carbocycles. The van der Waals surface area contributed by atoms with Crippen LogP contribution < -0.4 is 5.32 Å². The first-order valence-electron chi connectivity index (χ1n) is 7.86. The minimum absolute atomic E-state index is 0.182. The number of imidazole rings is 1. The van der Waals surface area contributed by atoms with E-state index >= 15 is 0 Å². The van der Waals surface area contributed by atoms with E-state index in [0.717, 1.165) is 21.3 Å². The van der Waals surface area contributed by atoms with Gasteiger partial charge in [-0.25, -0.2) is 4.98 Å². The molecule has 0 radical (unpaired) electrons. The minimum Gasteiger partial charge on any atom is -0.352 e. The number of carbonyl (C=O) groups excluding carboxylic acids is 1. The summed E-state index contributed by atoms with van der Waals surface area (Å²) in [7, 11) is 0. The van der Waals surface area contributed by atoms with Crippen molar-refractivity contribution in [3.63, 3.8) is 0 Å². The number of carbonyl (C=O) groups is 1. The van der Waals surface area contributed by atoms with Crippen molar-refractivity contribution < 1.29 is 4.79 Å². The Hall–Kier alpha value is -2.11. The van der Waals surface area contributed by atoms with Crippen LogP contribution in [-0.2, 0) is 13.0 Å². The average molecular weight is 419 g/mol. The van der Waals surface area contributed by atoms with E-state index in [-0.39, 0.29) is 5.91 Å². The van der Waals surface area contributed by atoms with Crippen LogP contribution in [0.25, 0.3) is 11.0 Å². The molecule has 1 aromatic heterocycles. The molecule has 0 bridgehead atoms. The fourth-order valence-corrected chi connectivity index (χ4v) is 3.16. The highest BCUT2D eigenvalue weighted by Gasteiger charge is 2.12. The third-order valence-electron chi connectivity index (χ3n) is 3.82. The number of aromatic nitrogens is 2. The lowest BCUT2D eigenvalue weighted by Gasteiger charge is -2.09.